The molecular formula is C21H24N2O3S. The Balaban J connectivity index is 1.54. The van der Waals surface area contributed by atoms with E-state index in [-0.39, 0.29) is 16.2 Å². The van der Waals surface area contributed by atoms with Gasteiger partial charge >= 0.3 is 0 Å². The summed E-state index contributed by atoms with van der Waals surface area (Å²) >= 11 is 0. The van der Waals surface area contributed by atoms with Crippen LogP contribution in [0.25, 0.3) is 0 Å². The minimum Gasteiger partial charge on any atom is -0.312 e. The van der Waals surface area contributed by atoms with Gasteiger partial charge in [0, 0.05) is 31.1 Å². The van der Waals surface area contributed by atoms with Crippen LogP contribution in [0, 0.1) is 0 Å². The van der Waals surface area contributed by atoms with E-state index in [1.807, 2.05) is 18.2 Å². The van der Waals surface area contributed by atoms with E-state index in [1.165, 1.54) is 5.56 Å². The van der Waals surface area contributed by atoms with E-state index in [9.17, 15) is 13.2 Å². The fraction of sp³-hybridized carbons (Fsp3) is 0.381. The first-order valence-electron chi connectivity index (χ1n) is 9.38. The average Bonchev–Trinajstić information content (AvgIpc) is 3.47. The van der Waals surface area contributed by atoms with Crippen molar-refractivity contribution in [1.82, 2.24) is 4.72 Å². The number of hydrogen-bond acceptors (Lipinski definition) is 3. The van der Waals surface area contributed by atoms with Crippen molar-refractivity contribution in [2.24, 2.45) is 0 Å². The van der Waals surface area contributed by atoms with Crippen molar-refractivity contribution < 1.29 is 13.2 Å². The van der Waals surface area contributed by atoms with Crippen molar-refractivity contribution in [2.45, 2.75) is 42.9 Å². The molecule has 1 N–H and O–H groups in total. The molecule has 142 valence electrons. The molecule has 27 heavy (non-hydrogen) atoms. The van der Waals surface area contributed by atoms with Gasteiger partial charge in [0.15, 0.2) is 0 Å². The van der Waals surface area contributed by atoms with E-state index in [1.54, 1.807) is 30.0 Å². The molecule has 1 saturated carbocycles. The van der Waals surface area contributed by atoms with Crippen LogP contribution in [0.15, 0.2) is 53.4 Å². The van der Waals surface area contributed by atoms with Gasteiger partial charge in [-0.2, -0.15) is 0 Å². The smallest absolute Gasteiger partial charge is 0.240 e. The third-order valence-electron chi connectivity index (χ3n) is 5.70. The van der Waals surface area contributed by atoms with E-state index < -0.39 is 10.0 Å². The monoisotopic (exact) mass is 384 g/mol. The fourth-order valence-electron chi connectivity index (χ4n) is 3.89. The Kier molecular flexibility index (Phi) is 4.56. The highest BCUT2D eigenvalue weighted by atomic mass is 32.2. The molecule has 0 aromatic heterocycles. The standard InChI is InChI=1S/C21H24N2O3S/c1-16(24)23-13-5-6-17-14-19(9-10-20(17)23)27(25,26)22-15-21(11-12-21)18-7-3-2-4-8-18/h2-4,7-10,14,22H,5-6,11-13,15H2,1H3. The number of amides is 1. The normalized spacial score (nSPS) is 18.0. The summed E-state index contributed by atoms with van der Waals surface area (Å²) in [7, 11) is -3.59. The zero-order chi connectivity index (χ0) is 19.1. The number of hydrogen-bond donors (Lipinski definition) is 1. The number of nitrogens with one attached hydrogen (secondary N) is 1. The van der Waals surface area contributed by atoms with Crippen LogP contribution in [-0.4, -0.2) is 27.4 Å². The maximum absolute atomic E-state index is 12.8. The number of anilines is 1. The fourth-order valence-corrected chi connectivity index (χ4v) is 5.07. The highest BCUT2D eigenvalue weighted by Gasteiger charge is 2.44. The quantitative estimate of drug-likeness (QED) is 0.862. The van der Waals surface area contributed by atoms with Crippen molar-refractivity contribution in [3.63, 3.8) is 0 Å². The van der Waals surface area contributed by atoms with Gasteiger partial charge in [0.1, 0.15) is 0 Å². The Bertz CT molecular complexity index is 966. The highest BCUT2D eigenvalue weighted by Crippen LogP contribution is 2.47. The van der Waals surface area contributed by atoms with Crippen LogP contribution in [0.3, 0.4) is 0 Å². The molecule has 2 aliphatic rings. The molecule has 6 heteroatoms. The molecule has 1 amide bonds. The second-order valence-electron chi connectivity index (χ2n) is 7.54. The first kappa shape index (κ1) is 18.2. The predicted octanol–water partition coefficient (Wildman–Crippen LogP) is 3.00. The van der Waals surface area contributed by atoms with E-state index in [0.717, 1.165) is 36.9 Å². The van der Waals surface area contributed by atoms with E-state index in [0.29, 0.717) is 13.1 Å². The van der Waals surface area contributed by atoms with Crippen LogP contribution >= 0.6 is 0 Å². The second kappa shape index (κ2) is 6.77. The molecule has 0 spiro atoms. The lowest BCUT2D eigenvalue weighted by atomic mass is 9.96. The zero-order valence-electron chi connectivity index (χ0n) is 15.4. The summed E-state index contributed by atoms with van der Waals surface area (Å²) in [5.74, 6) is -0.0109. The Morgan fingerprint density at radius 3 is 2.56 bits per heavy atom. The second-order valence-corrected chi connectivity index (χ2v) is 9.30. The number of aryl methyl sites for hydroxylation is 1. The molecule has 5 nitrogen and oxygen atoms in total. The van der Waals surface area contributed by atoms with Gasteiger partial charge < -0.3 is 4.90 Å². The molecule has 2 aromatic carbocycles. The molecule has 0 radical (unpaired) electrons. The Morgan fingerprint density at radius 1 is 1.15 bits per heavy atom. The summed E-state index contributed by atoms with van der Waals surface area (Å²) in [5, 5.41) is 0. The molecule has 1 fully saturated rings. The number of rotatable bonds is 5. The SMILES string of the molecule is CC(=O)N1CCCc2cc(S(=O)(=O)NCC3(c4ccccc4)CC3)ccc21. The molecule has 1 heterocycles. The summed E-state index contributed by atoms with van der Waals surface area (Å²) < 4.78 is 28.5. The van der Waals surface area contributed by atoms with Gasteiger partial charge in [0.2, 0.25) is 15.9 Å². The first-order chi connectivity index (χ1) is 12.9. The van der Waals surface area contributed by atoms with Crippen molar-refractivity contribution >= 4 is 21.6 Å². The van der Waals surface area contributed by atoms with E-state index in [4.69, 9.17) is 0 Å². The van der Waals surface area contributed by atoms with Gasteiger partial charge in [-0.15, -0.1) is 0 Å². The van der Waals surface area contributed by atoms with Crippen LogP contribution in [-0.2, 0) is 26.7 Å². The van der Waals surface area contributed by atoms with Gasteiger partial charge in [-0.25, -0.2) is 13.1 Å². The van der Waals surface area contributed by atoms with Gasteiger partial charge in [-0.3, -0.25) is 4.79 Å². The van der Waals surface area contributed by atoms with Gasteiger partial charge in [-0.05, 0) is 55.0 Å². The van der Waals surface area contributed by atoms with Crippen molar-refractivity contribution in [1.29, 1.82) is 0 Å². The number of fused-ring (bicyclic) bond motifs is 1. The zero-order valence-corrected chi connectivity index (χ0v) is 16.3. The van der Waals surface area contributed by atoms with Gasteiger partial charge in [-0.1, -0.05) is 30.3 Å². The van der Waals surface area contributed by atoms with Crippen LogP contribution in [0.5, 0.6) is 0 Å². The van der Waals surface area contributed by atoms with E-state index in [2.05, 4.69) is 16.9 Å². The Labute approximate surface area is 160 Å². The molecule has 0 unspecified atom stereocenters. The number of carbonyl (C=O) groups excluding carboxylic acids is 1. The maximum atomic E-state index is 12.8. The summed E-state index contributed by atoms with van der Waals surface area (Å²) in [6, 6.07) is 15.2. The van der Waals surface area contributed by atoms with Gasteiger partial charge in [0.05, 0.1) is 4.90 Å². The highest BCUT2D eigenvalue weighted by molar-refractivity contribution is 7.89. The lowest BCUT2D eigenvalue weighted by molar-refractivity contribution is -0.116. The number of benzene rings is 2. The Hall–Kier alpha value is -2.18. The lowest BCUT2D eigenvalue weighted by Gasteiger charge is -2.29. The average molecular weight is 385 g/mol. The molecule has 0 bridgehead atoms. The summed E-state index contributed by atoms with van der Waals surface area (Å²) in [6.07, 6.45) is 3.63. The minimum absolute atomic E-state index is 0.0109. The molecule has 4 rings (SSSR count). The van der Waals surface area contributed by atoms with Crippen LogP contribution in [0.4, 0.5) is 5.69 Å². The molecular weight excluding hydrogens is 360 g/mol. The summed E-state index contributed by atoms with van der Waals surface area (Å²) in [6.45, 7) is 2.64. The summed E-state index contributed by atoms with van der Waals surface area (Å²) in [4.78, 5) is 13.8. The third kappa shape index (κ3) is 3.51. The van der Waals surface area contributed by atoms with E-state index >= 15 is 0 Å². The van der Waals surface area contributed by atoms with Crippen molar-refractivity contribution in [3.05, 3.63) is 59.7 Å². The maximum Gasteiger partial charge on any atom is 0.240 e. The molecule has 1 aliphatic heterocycles. The predicted molar refractivity (Wildman–Crippen MR) is 105 cm³/mol. The minimum atomic E-state index is -3.59. The largest absolute Gasteiger partial charge is 0.312 e. The number of nitrogens with zero attached hydrogens (tertiary/aromatic N) is 1. The molecule has 0 saturated heterocycles. The molecule has 0 atom stereocenters. The topological polar surface area (TPSA) is 66.5 Å². The third-order valence-corrected chi connectivity index (χ3v) is 7.10. The Morgan fingerprint density at radius 2 is 1.89 bits per heavy atom. The molecule has 2 aromatic rings. The number of carbonyl (C=O) groups is 1. The first-order valence-corrected chi connectivity index (χ1v) is 10.9. The summed E-state index contributed by atoms with van der Waals surface area (Å²) in [5.41, 5.74) is 2.86. The van der Waals surface area contributed by atoms with Crippen molar-refractivity contribution in [3.8, 4) is 0 Å². The van der Waals surface area contributed by atoms with Crippen LogP contribution in [0.1, 0.15) is 37.3 Å². The molecule has 1 aliphatic carbocycles. The van der Waals surface area contributed by atoms with Crippen LogP contribution < -0.4 is 9.62 Å². The van der Waals surface area contributed by atoms with Gasteiger partial charge in [0.25, 0.3) is 0 Å². The van der Waals surface area contributed by atoms with Crippen LogP contribution in [0.2, 0.25) is 0 Å². The van der Waals surface area contributed by atoms with Crippen molar-refractivity contribution in [2.75, 3.05) is 18.0 Å². The number of sulfonamides is 1. The lowest BCUT2D eigenvalue weighted by Crippen LogP contribution is -2.34.